The number of carbonyl (C=O) groups is 2. The van der Waals surface area contributed by atoms with Crippen LogP contribution in [0.15, 0.2) is 12.1 Å². The van der Waals surface area contributed by atoms with Crippen LogP contribution in [-0.4, -0.2) is 23.5 Å². The molecule has 4 nitrogen and oxygen atoms in total. The Labute approximate surface area is 115 Å². The highest BCUT2D eigenvalue weighted by molar-refractivity contribution is 7.18. The maximum Gasteiger partial charge on any atom is 0.408 e. The second kappa shape index (κ2) is 5.71. The number of ketones is 1. The highest BCUT2D eigenvalue weighted by Crippen LogP contribution is 2.22. The fraction of sp³-hybridized carbons (Fsp3) is 0.500. The highest BCUT2D eigenvalue weighted by Gasteiger charge is 2.22. The first-order valence-corrected chi connectivity index (χ1v) is 6.67. The molecule has 18 heavy (non-hydrogen) atoms. The topological polar surface area (TPSA) is 55.4 Å². The van der Waals surface area contributed by atoms with Crippen molar-refractivity contribution in [3.8, 4) is 0 Å². The maximum atomic E-state index is 11.9. The molecule has 0 fully saturated rings. The number of hydrogen-bond acceptors (Lipinski definition) is 4. The second-order valence-corrected chi connectivity index (χ2v) is 6.55. The van der Waals surface area contributed by atoms with Crippen LogP contribution in [0.25, 0.3) is 0 Å². The van der Waals surface area contributed by atoms with Gasteiger partial charge in [0.25, 0.3) is 0 Å². The van der Waals surface area contributed by atoms with E-state index < -0.39 is 17.7 Å². The molecule has 1 aromatic rings. The van der Waals surface area contributed by atoms with Gasteiger partial charge in [0, 0.05) is 0 Å². The largest absolute Gasteiger partial charge is 0.444 e. The first kappa shape index (κ1) is 15.0. The standard InChI is InChI=1S/C12H16ClNO3S/c1-7(14-11(16)17-12(2,3)4)10(15)8-5-6-9(13)18-8/h5-7H,1-4H3,(H,14,16)/t7-/m0/s1. The maximum absolute atomic E-state index is 11.9. The summed E-state index contributed by atoms with van der Waals surface area (Å²) in [6, 6.07) is 2.65. The number of carbonyl (C=O) groups excluding carboxylic acids is 2. The van der Waals surface area contributed by atoms with Gasteiger partial charge in [0.2, 0.25) is 0 Å². The summed E-state index contributed by atoms with van der Waals surface area (Å²) in [5.41, 5.74) is -0.584. The molecule has 0 aliphatic heterocycles. The summed E-state index contributed by atoms with van der Waals surface area (Å²) in [7, 11) is 0. The van der Waals surface area contributed by atoms with Crippen molar-refractivity contribution < 1.29 is 14.3 Å². The lowest BCUT2D eigenvalue weighted by molar-refractivity contribution is 0.0497. The lowest BCUT2D eigenvalue weighted by Gasteiger charge is -2.21. The molecule has 0 unspecified atom stereocenters. The Kier molecular flexibility index (Phi) is 4.76. The number of nitrogens with one attached hydrogen (secondary N) is 1. The average Bonchev–Trinajstić information content (AvgIpc) is 2.60. The van der Waals surface area contributed by atoms with Gasteiger partial charge < -0.3 is 10.1 Å². The number of Topliss-reactive ketones (excluding diaryl/α,β-unsaturated/α-hetero) is 1. The average molecular weight is 290 g/mol. The van der Waals surface area contributed by atoms with Gasteiger partial charge in [-0.3, -0.25) is 4.79 Å². The molecule has 6 heteroatoms. The third-order valence-electron chi connectivity index (χ3n) is 1.94. The molecule has 0 saturated carbocycles. The summed E-state index contributed by atoms with van der Waals surface area (Å²) < 4.78 is 5.62. The number of alkyl carbamates (subject to hydrolysis) is 1. The summed E-state index contributed by atoms with van der Waals surface area (Å²) in [5.74, 6) is -0.183. The van der Waals surface area contributed by atoms with Crippen molar-refractivity contribution in [2.75, 3.05) is 0 Å². The molecule has 0 spiro atoms. The molecule has 1 amide bonds. The molecule has 1 heterocycles. The Morgan fingerprint density at radius 1 is 1.39 bits per heavy atom. The Morgan fingerprint density at radius 3 is 2.44 bits per heavy atom. The van der Waals surface area contributed by atoms with E-state index in [0.29, 0.717) is 9.21 Å². The molecule has 0 bridgehead atoms. The van der Waals surface area contributed by atoms with Crippen LogP contribution in [0.4, 0.5) is 4.79 Å². The number of ether oxygens (including phenoxy) is 1. The van der Waals surface area contributed by atoms with E-state index in [2.05, 4.69) is 5.32 Å². The monoisotopic (exact) mass is 289 g/mol. The van der Waals surface area contributed by atoms with Gasteiger partial charge in [-0.05, 0) is 39.8 Å². The SMILES string of the molecule is C[C@H](NC(=O)OC(C)(C)C)C(=O)c1ccc(Cl)s1. The Bertz CT molecular complexity index is 450. The van der Waals surface area contributed by atoms with Crippen molar-refractivity contribution in [3.05, 3.63) is 21.3 Å². The van der Waals surface area contributed by atoms with Gasteiger partial charge in [0.05, 0.1) is 15.3 Å². The predicted molar refractivity (Wildman–Crippen MR) is 72.5 cm³/mol. The predicted octanol–water partition coefficient (Wildman–Crippen LogP) is 3.50. The summed E-state index contributed by atoms with van der Waals surface area (Å²) in [6.07, 6.45) is -0.606. The van der Waals surface area contributed by atoms with Gasteiger partial charge in [0.15, 0.2) is 5.78 Å². The van der Waals surface area contributed by atoms with Gasteiger partial charge in [-0.15, -0.1) is 11.3 Å². The highest BCUT2D eigenvalue weighted by atomic mass is 35.5. The Morgan fingerprint density at radius 2 is 2.00 bits per heavy atom. The van der Waals surface area contributed by atoms with Gasteiger partial charge in [-0.25, -0.2) is 4.79 Å². The number of hydrogen-bond donors (Lipinski definition) is 1. The molecule has 1 atom stereocenters. The van der Waals surface area contributed by atoms with E-state index in [0.717, 1.165) is 0 Å². The van der Waals surface area contributed by atoms with Gasteiger partial charge in [0.1, 0.15) is 5.60 Å². The summed E-state index contributed by atoms with van der Waals surface area (Å²) in [6.45, 7) is 6.90. The number of amides is 1. The molecule has 0 aliphatic carbocycles. The van der Waals surface area contributed by atoms with Crippen molar-refractivity contribution >= 4 is 34.8 Å². The van der Waals surface area contributed by atoms with Gasteiger partial charge in [-0.2, -0.15) is 0 Å². The Hall–Kier alpha value is -1.07. The van der Waals surface area contributed by atoms with E-state index >= 15 is 0 Å². The molecule has 0 saturated heterocycles. The molecule has 0 radical (unpaired) electrons. The van der Waals surface area contributed by atoms with Crippen LogP contribution < -0.4 is 5.32 Å². The van der Waals surface area contributed by atoms with Crippen LogP contribution in [-0.2, 0) is 4.74 Å². The minimum Gasteiger partial charge on any atom is -0.444 e. The molecule has 0 aliphatic rings. The van der Waals surface area contributed by atoms with Crippen LogP contribution in [0.3, 0.4) is 0 Å². The fourth-order valence-electron chi connectivity index (χ4n) is 1.21. The van der Waals surface area contributed by atoms with Crippen LogP contribution in [0.2, 0.25) is 4.34 Å². The molecule has 100 valence electrons. The lowest BCUT2D eigenvalue weighted by atomic mass is 10.2. The minimum atomic E-state index is -0.644. The van der Waals surface area contributed by atoms with E-state index in [1.165, 1.54) is 11.3 Å². The molecule has 1 rings (SSSR count). The first-order valence-electron chi connectivity index (χ1n) is 5.48. The smallest absolute Gasteiger partial charge is 0.408 e. The number of rotatable bonds is 3. The third kappa shape index (κ3) is 4.66. The Balaban J connectivity index is 2.58. The third-order valence-corrected chi connectivity index (χ3v) is 3.19. The van der Waals surface area contributed by atoms with E-state index in [1.54, 1.807) is 39.8 Å². The lowest BCUT2D eigenvalue weighted by Crippen LogP contribution is -2.41. The van der Waals surface area contributed by atoms with Crippen molar-refractivity contribution in [2.24, 2.45) is 0 Å². The molecular formula is C12H16ClNO3S. The van der Waals surface area contributed by atoms with E-state index in [-0.39, 0.29) is 5.78 Å². The molecular weight excluding hydrogens is 274 g/mol. The van der Waals surface area contributed by atoms with Gasteiger partial charge in [-0.1, -0.05) is 11.6 Å². The zero-order chi connectivity index (χ0) is 13.9. The van der Waals surface area contributed by atoms with Crippen LogP contribution in [0.1, 0.15) is 37.4 Å². The van der Waals surface area contributed by atoms with Gasteiger partial charge >= 0.3 is 6.09 Å². The fourth-order valence-corrected chi connectivity index (χ4v) is 2.28. The van der Waals surface area contributed by atoms with Crippen molar-refractivity contribution in [1.29, 1.82) is 0 Å². The number of thiophene rings is 1. The van der Waals surface area contributed by atoms with Crippen molar-refractivity contribution in [2.45, 2.75) is 39.3 Å². The molecule has 1 aromatic heterocycles. The van der Waals surface area contributed by atoms with Crippen LogP contribution in [0, 0.1) is 0 Å². The summed E-state index contributed by atoms with van der Waals surface area (Å²) in [4.78, 5) is 24.0. The quantitative estimate of drug-likeness (QED) is 0.867. The van der Waals surface area contributed by atoms with Crippen molar-refractivity contribution in [1.82, 2.24) is 5.32 Å². The number of halogens is 1. The van der Waals surface area contributed by atoms with E-state index in [9.17, 15) is 9.59 Å². The zero-order valence-corrected chi connectivity index (χ0v) is 12.3. The summed E-state index contributed by atoms with van der Waals surface area (Å²) in [5, 5.41) is 2.50. The van der Waals surface area contributed by atoms with E-state index in [1.807, 2.05) is 0 Å². The molecule has 0 aromatic carbocycles. The normalized spacial score (nSPS) is 12.9. The second-order valence-electron chi connectivity index (χ2n) is 4.84. The first-order chi connectivity index (χ1) is 8.19. The minimum absolute atomic E-state index is 0.183. The van der Waals surface area contributed by atoms with Crippen LogP contribution in [0.5, 0.6) is 0 Å². The summed E-state index contributed by atoms with van der Waals surface area (Å²) >= 11 is 6.94. The van der Waals surface area contributed by atoms with Crippen molar-refractivity contribution in [3.63, 3.8) is 0 Å². The van der Waals surface area contributed by atoms with Crippen LogP contribution >= 0.6 is 22.9 Å². The van der Waals surface area contributed by atoms with E-state index in [4.69, 9.17) is 16.3 Å². The molecule has 1 N–H and O–H groups in total. The zero-order valence-electron chi connectivity index (χ0n) is 10.7.